The van der Waals surface area contributed by atoms with Gasteiger partial charge in [0, 0.05) is 58.3 Å². The molecular weight excluding hydrogens is 320 g/mol. The van der Waals surface area contributed by atoms with Gasteiger partial charge in [-0.05, 0) is 31.9 Å². The fourth-order valence-corrected chi connectivity index (χ4v) is 3.20. The summed E-state index contributed by atoms with van der Waals surface area (Å²) in [6.45, 7) is 7.01. The summed E-state index contributed by atoms with van der Waals surface area (Å²) in [7, 11) is 0. The molecule has 2 aliphatic rings. The molecule has 0 saturated carbocycles. The summed E-state index contributed by atoms with van der Waals surface area (Å²) < 4.78 is 5.49. The van der Waals surface area contributed by atoms with Crippen LogP contribution in [0.5, 0.6) is 0 Å². The number of rotatable bonds is 7. The first-order chi connectivity index (χ1) is 12.3. The Bertz CT molecular complexity index is 515. The smallest absolute Gasteiger partial charge is 0.314 e. The predicted molar refractivity (Wildman–Crippen MR) is 95.7 cm³/mol. The molecule has 25 heavy (non-hydrogen) atoms. The Morgan fingerprint density at radius 3 is 2.72 bits per heavy atom. The van der Waals surface area contributed by atoms with Gasteiger partial charge in [0.1, 0.15) is 0 Å². The maximum absolute atomic E-state index is 11.7. The maximum atomic E-state index is 11.7. The fourth-order valence-electron chi connectivity index (χ4n) is 3.20. The maximum Gasteiger partial charge on any atom is 0.314 e. The second-order valence-electron chi connectivity index (χ2n) is 6.50. The number of aromatic nitrogens is 2. The molecular formula is C17H28N6O2. The lowest BCUT2D eigenvalue weighted by molar-refractivity contribution is 0.111. The monoisotopic (exact) mass is 348 g/mol. The highest BCUT2D eigenvalue weighted by atomic mass is 16.5. The number of piperazine rings is 1. The van der Waals surface area contributed by atoms with Gasteiger partial charge < -0.3 is 20.3 Å². The van der Waals surface area contributed by atoms with Gasteiger partial charge in [-0.15, -0.1) is 0 Å². The van der Waals surface area contributed by atoms with Crippen LogP contribution in [0.3, 0.4) is 0 Å². The molecule has 0 spiro atoms. The molecule has 8 nitrogen and oxygen atoms in total. The zero-order valence-electron chi connectivity index (χ0n) is 14.7. The van der Waals surface area contributed by atoms with E-state index in [-0.39, 0.29) is 12.1 Å². The second-order valence-corrected chi connectivity index (χ2v) is 6.50. The molecule has 1 atom stereocenters. The molecule has 1 unspecified atom stereocenters. The van der Waals surface area contributed by atoms with E-state index in [1.807, 2.05) is 6.07 Å². The summed E-state index contributed by atoms with van der Waals surface area (Å²) in [5.41, 5.74) is 0. The molecule has 138 valence electrons. The predicted octanol–water partition coefficient (Wildman–Crippen LogP) is 0.467. The van der Waals surface area contributed by atoms with Gasteiger partial charge in [-0.25, -0.2) is 14.8 Å². The van der Waals surface area contributed by atoms with Gasteiger partial charge in [-0.3, -0.25) is 4.90 Å². The van der Waals surface area contributed by atoms with E-state index in [4.69, 9.17) is 4.74 Å². The minimum atomic E-state index is -0.0958. The molecule has 0 radical (unpaired) electrons. The van der Waals surface area contributed by atoms with Crippen molar-refractivity contribution in [2.75, 3.05) is 57.3 Å². The Hall–Kier alpha value is -1.93. The molecule has 0 bridgehead atoms. The first-order valence-electron chi connectivity index (χ1n) is 9.19. The summed E-state index contributed by atoms with van der Waals surface area (Å²) in [5.74, 6) is 0.812. The fraction of sp³-hybridized carbons (Fsp3) is 0.706. The lowest BCUT2D eigenvalue weighted by Gasteiger charge is -2.34. The van der Waals surface area contributed by atoms with E-state index in [0.717, 1.165) is 64.5 Å². The van der Waals surface area contributed by atoms with Gasteiger partial charge in [0.15, 0.2) is 0 Å². The Morgan fingerprint density at radius 1 is 1.20 bits per heavy atom. The van der Waals surface area contributed by atoms with Crippen molar-refractivity contribution in [2.45, 2.75) is 25.4 Å². The van der Waals surface area contributed by atoms with Crippen molar-refractivity contribution in [3.05, 3.63) is 18.5 Å². The zero-order valence-corrected chi connectivity index (χ0v) is 14.7. The van der Waals surface area contributed by atoms with Crippen LogP contribution in [0.2, 0.25) is 0 Å². The first-order valence-corrected chi connectivity index (χ1v) is 9.19. The van der Waals surface area contributed by atoms with E-state index in [1.54, 1.807) is 12.4 Å². The third-order valence-electron chi connectivity index (χ3n) is 4.66. The number of hydrogen-bond acceptors (Lipinski definition) is 6. The van der Waals surface area contributed by atoms with Crippen molar-refractivity contribution < 1.29 is 9.53 Å². The average molecular weight is 348 g/mol. The Morgan fingerprint density at radius 2 is 2.00 bits per heavy atom. The molecule has 1 aromatic rings. The van der Waals surface area contributed by atoms with E-state index in [2.05, 4.69) is 30.4 Å². The molecule has 0 aromatic carbocycles. The molecule has 0 aliphatic carbocycles. The quantitative estimate of drug-likeness (QED) is 0.697. The van der Waals surface area contributed by atoms with Crippen LogP contribution >= 0.6 is 0 Å². The normalized spacial score (nSPS) is 21.3. The van der Waals surface area contributed by atoms with E-state index < -0.39 is 0 Å². The van der Waals surface area contributed by atoms with Crippen LogP contribution in [0.1, 0.15) is 19.3 Å². The number of urea groups is 1. The number of amides is 2. The molecule has 2 aliphatic heterocycles. The highest BCUT2D eigenvalue weighted by molar-refractivity contribution is 5.73. The molecule has 2 amide bonds. The number of carbonyl (C=O) groups is 1. The first kappa shape index (κ1) is 17.9. The number of carbonyl (C=O) groups excluding carboxylic acids is 1. The van der Waals surface area contributed by atoms with Crippen molar-refractivity contribution >= 4 is 12.0 Å². The Kier molecular flexibility index (Phi) is 6.81. The molecule has 2 saturated heterocycles. The summed E-state index contributed by atoms with van der Waals surface area (Å²) in [6.07, 6.45) is 6.84. The van der Waals surface area contributed by atoms with E-state index in [9.17, 15) is 4.79 Å². The average Bonchev–Trinajstić information content (AvgIpc) is 3.18. The number of anilines is 1. The van der Waals surface area contributed by atoms with Crippen LogP contribution in [-0.2, 0) is 4.74 Å². The Balaban J connectivity index is 1.23. The third-order valence-corrected chi connectivity index (χ3v) is 4.66. The van der Waals surface area contributed by atoms with Crippen LogP contribution in [0.15, 0.2) is 18.5 Å². The van der Waals surface area contributed by atoms with E-state index in [0.29, 0.717) is 13.1 Å². The van der Waals surface area contributed by atoms with Crippen LogP contribution < -0.4 is 15.5 Å². The second kappa shape index (κ2) is 9.53. The highest BCUT2D eigenvalue weighted by Gasteiger charge is 2.18. The van der Waals surface area contributed by atoms with Crippen LogP contribution in [0.4, 0.5) is 10.7 Å². The number of ether oxygens (including phenoxy) is 1. The summed E-state index contributed by atoms with van der Waals surface area (Å²) in [5, 5.41) is 5.80. The van der Waals surface area contributed by atoms with Crippen molar-refractivity contribution in [3.8, 4) is 0 Å². The minimum absolute atomic E-state index is 0.0958. The van der Waals surface area contributed by atoms with Crippen molar-refractivity contribution in [1.29, 1.82) is 0 Å². The molecule has 1 aromatic heterocycles. The van der Waals surface area contributed by atoms with Crippen molar-refractivity contribution in [3.63, 3.8) is 0 Å². The van der Waals surface area contributed by atoms with Gasteiger partial charge in [0.05, 0.1) is 6.10 Å². The SMILES string of the molecule is O=C(NCCCN1CCN(c2ncccn2)CC1)NCC1CCCO1. The largest absolute Gasteiger partial charge is 0.376 e. The number of hydrogen-bond donors (Lipinski definition) is 2. The van der Waals surface area contributed by atoms with Gasteiger partial charge in [0.2, 0.25) is 5.95 Å². The van der Waals surface area contributed by atoms with E-state index in [1.165, 1.54) is 0 Å². The van der Waals surface area contributed by atoms with Gasteiger partial charge in [-0.2, -0.15) is 0 Å². The van der Waals surface area contributed by atoms with E-state index >= 15 is 0 Å². The van der Waals surface area contributed by atoms with Crippen LogP contribution in [0, 0.1) is 0 Å². The summed E-state index contributed by atoms with van der Waals surface area (Å²) >= 11 is 0. The number of nitrogens with zero attached hydrogens (tertiary/aromatic N) is 4. The number of nitrogens with one attached hydrogen (secondary N) is 2. The van der Waals surface area contributed by atoms with Gasteiger partial charge in [-0.1, -0.05) is 0 Å². The van der Waals surface area contributed by atoms with Gasteiger partial charge in [0.25, 0.3) is 0 Å². The minimum Gasteiger partial charge on any atom is -0.376 e. The molecule has 2 N–H and O–H groups in total. The summed E-state index contributed by atoms with van der Waals surface area (Å²) in [6, 6.07) is 1.74. The van der Waals surface area contributed by atoms with Crippen LogP contribution in [-0.4, -0.2) is 79.4 Å². The van der Waals surface area contributed by atoms with Gasteiger partial charge >= 0.3 is 6.03 Å². The molecule has 2 fully saturated rings. The molecule has 3 rings (SSSR count). The lowest BCUT2D eigenvalue weighted by atomic mass is 10.2. The zero-order chi connectivity index (χ0) is 17.3. The topological polar surface area (TPSA) is 82.6 Å². The standard InChI is InChI=1S/C17H28N6O2/c24-17(21-14-15-4-1-13-25-15)20-7-3-8-22-9-11-23(12-10-22)16-18-5-2-6-19-16/h2,5-6,15H,1,3-4,7-14H2,(H2,20,21,24). The molecule has 8 heteroatoms. The van der Waals surface area contributed by atoms with Crippen LogP contribution in [0.25, 0.3) is 0 Å². The molecule has 3 heterocycles. The van der Waals surface area contributed by atoms with Crippen molar-refractivity contribution in [1.82, 2.24) is 25.5 Å². The summed E-state index contributed by atoms with van der Waals surface area (Å²) in [4.78, 5) is 25.0. The lowest BCUT2D eigenvalue weighted by Crippen LogP contribution is -2.47. The third kappa shape index (κ3) is 5.82. The highest BCUT2D eigenvalue weighted by Crippen LogP contribution is 2.10. The van der Waals surface area contributed by atoms with Crippen molar-refractivity contribution in [2.24, 2.45) is 0 Å². The Labute approximate surface area is 148 Å².